The fraction of sp³-hybridized carbons (Fsp3) is 0.263. The van der Waals surface area contributed by atoms with Gasteiger partial charge in [0.25, 0.3) is 5.91 Å². The van der Waals surface area contributed by atoms with Crippen LogP contribution < -0.4 is 5.32 Å². The molecule has 0 saturated carbocycles. The zero-order valence-electron chi connectivity index (χ0n) is 14.0. The summed E-state index contributed by atoms with van der Waals surface area (Å²) in [5, 5.41) is 7.60. The van der Waals surface area contributed by atoms with Gasteiger partial charge in [-0.2, -0.15) is 5.10 Å². The summed E-state index contributed by atoms with van der Waals surface area (Å²) in [6.45, 7) is 4.42. The molecule has 0 atom stereocenters. The van der Waals surface area contributed by atoms with Crippen molar-refractivity contribution < 1.29 is 9.21 Å². The van der Waals surface area contributed by atoms with E-state index >= 15 is 0 Å². The summed E-state index contributed by atoms with van der Waals surface area (Å²) >= 11 is 0. The van der Waals surface area contributed by atoms with Crippen LogP contribution in [-0.4, -0.2) is 15.7 Å². The molecule has 2 heterocycles. The van der Waals surface area contributed by atoms with E-state index in [4.69, 9.17) is 4.42 Å². The molecule has 0 radical (unpaired) electrons. The van der Waals surface area contributed by atoms with E-state index in [1.54, 1.807) is 6.26 Å². The minimum absolute atomic E-state index is 0.109. The number of amides is 1. The Morgan fingerprint density at radius 2 is 1.92 bits per heavy atom. The summed E-state index contributed by atoms with van der Waals surface area (Å²) in [7, 11) is 0. The lowest BCUT2D eigenvalue weighted by Crippen LogP contribution is -2.24. The SMILES string of the molecule is CCc1nn(-c2ccccc2)c(CC)c1C(=O)NCc1ccco1. The smallest absolute Gasteiger partial charge is 0.255 e. The Morgan fingerprint density at radius 3 is 2.54 bits per heavy atom. The van der Waals surface area contributed by atoms with Gasteiger partial charge < -0.3 is 9.73 Å². The molecule has 1 amide bonds. The molecule has 0 spiro atoms. The van der Waals surface area contributed by atoms with E-state index in [0.29, 0.717) is 18.5 Å². The third kappa shape index (κ3) is 3.11. The topological polar surface area (TPSA) is 60.1 Å². The van der Waals surface area contributed by atoms with Crippen LogP contribution in [-0.2, 0) is 19.4 Å². The van der Waals surface area contributed by atoms with E-state index in [0.717, 1.165) is 29.3 Å². The minimum Gasteiger partial charge on any atom is -0.467 e. The molecule has 0 unspecified atom stereocenters. The molecular weight excluding hydrogens is 302 g/mol. The average molecular weight is 323 g/mol. The predicted molar refractivity (Wildman–Crippen MR) is 92.2 cm³/mol. The summed E-state index contributed by atoms with van der Waals surface area (Å²) in [5.41, 5.74) is 3.38. The number of carbonyl (C=O) groups excluding carboxylic acids is 1. The van der Waals surface area contributed by atoms with Crippen molar-refractivity contribution in [3.63, 3.8) is 0 Å². The molecule has 0 bridgehead atoms. The molecule has 0 saturated heterocycles. The van der Waals surface area contributed by atoms with Gasteiger partial charge in [0.15, 0.2) is 0 Å². The van der Waals surface area contributed by atoms with Crippen LogP contribution in [0.15, 0.2) is 53.1 Å². The molecule has 2 aromatic heterocycles. The summed E-state index contributed by atoms with van der Waals surface area (Å²) in [4.78, 5) is 12.7. The summed E-state index contributed by atoms with van der Waals surface area (Å²) in [5.74, 6) is 0.622. The van der Waals surface area contributed by atoms with E-state index in [9.17, 15) is 4.79 Å². The second-order valence-corrected chi connectivity index (χ2v) is 5.48. The highest BCUT2D eigenvalue weighted by molar-refractivity contribution is 5.96. The van der Waals surface area contributed by atoms with Crippen LogP contribution in [0.2, 0.25) is 0 Å². The first kappa shape index (κ1) is 16.1. The first-order chi connectivity index (χ1) is 11.7. The van der Waals surface area contributed by atoms with Crippen molar-refractivity contribution in [3.05, 3.63) is 71.4 Å². The lowest BCUT2D eigenvalue weighted by Gasteiger charge is -2.08. The van der Waals surface area contributed by atoms with Crippen LogP contribution in [0.1, 0.15) is 41.4 Å². The average Bonchev–Trinajstić information content (AvgIpc) is 3.27. The van der Waals surface area contributed by atoms with Crippen LogP contribution in [0.4, 0.5) is 0 Å². The number of hydrogen-bond donors (Lipinski definition) is 1. The van der Waals surface area contributed by atoms with Gasteiger partial charge in [0.2, 0.25) is 0 Å². The predicted octanol–water partition coefficient (Wildman–Crippen LogP) is 3.52. The van der Waals surface area contributed by atoms with Gasteiger partial charge in [0.05, 0.1) is 35.4 Å². The number of aromatic nitrogens is 2. The molecule has 124 valence electrons. The molecule has 0 aliphatic heterocycles. The van der Waals surface area contributed by atoms with Gasteiger partial charge in [-0.1, -0.05) is 32.0 Å². The Morgan fingerprint density at radius 1 is 1.12 bits per heavy atom. The van der Waals surface area contributed by atoms with Crippen molar-refractivity contribution in [3.8, 4) is 5.69 Å². The van der Waals surface area contributed by atoms with Crippen LogP contribution >= 0.6 is 0 Å². The van der Waals surface area contributed by atoms with E-state index in [2.05, 4.69) is 10.4 Å². The standard InChI is InChI=1S/C19H21N3O2/c1-3-16-18(19(23)20-13-15-11-8-12-24-15)17(4-2)22(21-16)14-9-6-5-7-10-14/h5-12H,3-4,13H2,1-2H3,(H,20,23). The van der Waals surface area contributed by atoms with Crippen LogP contribution in [0, 0.1) is 0 Å². The first-order valence-corrected chi connectivity index (χ1v) is 8.21. The van der Waals surface area contributed by atoms with E-state index in [-0.39, 0.29) is 5.91 Å². The molecule has 5 heteroatoms. The molecule has 3 aromatic rings. The highest BCUT2D eigenvalue weighted by atomic mass is 16.3. The first-order valence-electron chi connectivity index (χ1n) is 8.21. The molecule has 0 fully saturated rings. The number of nitrogens with zero attached hydrogens (tertiary/aromatic N) is 2. The summed E-state index contributed by atoms with van der Waals surface area (Å²) < 4.78 is 7.15. The van der Waals surface area contributed by atoms with Crippen molar-refractivity contribution in [2.75, 3.05) is 0 Å². The lowest BCUT2D eigenvalue weighted by atomic mass is 10.1. The molecule has 3 rings (SSSR count). The Hall–Kier alpha value is -2.82. The highest BCUT2D eigenvalue weighted by Gasteiger charge is 2.22. The van der Waals surface area contributed by atoms with Gasteiger partial charge in [-0.15, -0.1) is 0 Å². The number of benzene rings is 1. The summed E-state index contributed by atoms with van der Waals surface area (Å²) in [6, 6.07) is 13.6. The number of rotatable bonds is 6. The molecule has 24 heavy (non-hydrogen) atoms. The van der Waals surface area contributed by atoms with Crippen molar-refractivity contribution >= 4 is 5.91 Å². The molecule has 0 aliphatic rings. The maximum atomic E-state index is 12.7. The summed E-state index contributed by atoms with van der Waals surface area (Å²) in [6.07, 6.45) is 3.03. The second-order valence-electron chi connectivity index (χ2n) is 5.48. The van der Waals surface area contributed by atoms with Gasteiger partial charge in [-0.3, -0.25) is 4.79 Å². The number of nitrogens with one attached hydrogen (secondary N) is 1. The maximum absolute atomic E-state index is 12.7. The minimum atomic E-state index is -0.109. The van der Waals surface area contributed by atoms with E-state index < -0.39 is 0 Å². The van der Waals surface area contributed by atoms with E-state index in [1.807, 2.05) is 61.0 Å². The number of aryl methyl sites for hydroxylation is 1. The van der Waals surface area contributed by atoms with E-state index in [1.165, 1.54) is 0 Å². The molecule has 5 nitrogen and oxygen atoms in total. The quantitative estimate of drug-likeness (QED) is 0.755. The van der Waals surface area contributed by atoms with Crippen molar-refractivity contribution in [2.24, 2.45) is 0 Å². The fourth-order valence-corrected chi connectivity index (χ4v) is 2.79. The van der Waals surface area contributed by atoms with Crippen LogP contribution in [0.5, 0.6) is 0 Å². The van der Waals surface area contributed by atoms with Crippen molar-refractivity contribution in [2.45, 2.75) is 33.2 Å². The number of furan rings is 1. The van der Waals surface area contributed by atoms with Crippen molar-refractivity contribution in [1.29, 1.82) is 0 Å². The zero-order valence-corrected chi connectivity index (χ0v) is 14.0. The number of hydrogen-bond acceptors (Lipinski definition) is 3. The third-order valence-corrected chi connectivity index (χ3v) is 3.95. The monoisotopic (exact) mass is 323 g/mol. The zero-order chi connectivity index (χ0) is 16.9. The second kappa shape index (κ2) is 7.17. The molecule has 1 aromatic carbocycles. The molecule has 1 N–H and O–H groups in total. The third-order valence-electron chi connectivity index (χ3n) is 3.95. The van der Waals surface area contributed by atoms with Crippen molar-refractivity contribution in [1.82, 2.24) is 15.1 Å². The van der Waals surface area contributed by atoms with Gasteiger partial charge in [0, 0.05) is 0 Å². The number of carbonyl (C=O) groups is 1. The number of para-hydroxylation sites is 1. The fourth-order valence-electron chi connectivity index (χ4n) is 2.79. The van der Waals surface area contributed by atoms with Gasteiger partial charge in [-0.05, 0) is 37.1 Å². The van der Waals surface area contributed by atoms with Gasteiger partial charge >= 0.3 is 0 Å². The van der Waals surface area contributed by atoms with Crippen LogP contribution in [0.3, 0.4) is 0 Å². The Labute approximate surface area is 141 Å². The Kier molecular flexibility index (Phi) is 4.79. The van der Waals surface area contributed by atoms with Gasteiger partial charge in [0.1, 0.15) is 5.76 Å². The Balaban J connectivity index is 1.94. The normalized spacial score (nSPS) is 10.8. The lowest BCUT2D eigenvalue weighted by molar-refractivity contribution is 0.0946. The molecular formula is C19H21N3O2. The van der Waals surface area contributed by atoms with Crippen LogP contribution in [0.25, 0.3) is 5.69 Å². The molecule has 0 aliphatic carbocycles. The largest absolute Gasteiger partial charge is 0.467 e. The van der Waals surface area contributed by atoms with Gasteiger partial charge in [-0.25, -0.2) is 4.68 Å². The maximum Gasteiger partial charge on any atom is 0.255 e. The Bertz CT molecular complexity index is 805. The highest BCUT2D eigenvalue weighted by Crippen LogP contribution is 2.20.